The molecule has 0 aromatic heterocycles. The molecule has 0 amide bonds. The number of nitrogens with zero attached hydrogens (tertiary/aromatic N) is 1. The molecule has 2 heterocycles. The Kier molecular flexibility index (Phi) is 9.47. The number of fused-ring (bicyclic) bond motifs is 18. The summed E-state index contributed by atoms with van der Waals surface area (Å²) in [7, 11) is 0. The average molecular weight is 982 g/mol. The minimum atomic E-state index is -0.545. The molecule has 0 saturated heterocycles. The van der Waals surface area contributed by atoms with E-state index in [-0.39, 0.29) is 0 Å². The molecule has 2 aliphatic carbocycles. The van der Waals surface area contributed by atoms with Gasteiger partial charge in [0.15, 0.2) is 0 Å². The van der Waals surface area contributed by atoms with Crippen molar-refractivity contribution < 1.29 is 9.47 Å². The molecule has 360 valence electrons. The summed E-state index contributed by atoms with van der Waals surface area (Å²) >= 11 is 0. The first-order valence-electron chi connectivity index (χ1n) is 26.6. The second-order valence-electron chi connectivity index (χ2n) is 20.6. The monoisotopic (exact) mass is 981 g/mol. The van der Waals surface area contributed by atoms with Gasteiger partial charge in [0, 0.05) is 39.1 Å². The zero-order valence-corrected chi connectivity index (χ0v) is 41.9. The topological polar surface area (TPSA) is 21.7 Å². The minimum absolute atomic E-state index is 0.528. The van der Waals surface area contributed by atoms with E-state index in [1.807, 2.05) is 0 Å². The number of rotatable bonds is 6. The normalized spacial score (nSPS) is 13.9. The number of hydrogen-bond donors (Lipinski definition) is 0. The van der Waals surface area contributed by atoms with E-state index in [0.29, 0.717) is 0 Å². The van der Waals surface area contributed by atoms with Gasteiger partial charge in [0.2, 0.25) is 0 Å². The van der Waals surface area contributed by atoms with E-state index in [9.17, 15) is 0 Å². The highest BCUT2D eigenvalue weighted by molar-refractivity contribution is 5.98. The third-order valence-electron chi connectivity index (χ3n) is 16.8. The molecule has 3 heteroatoms. The Bertz CT molecular complexity index is 4290. The average Bonchev–Trinajstić information content (AvgIpc) is 4.20. The molecule has 77 heavy (non-hydrogen) atoms. The Morgan fingerprint density at radius 3 is 1.08 bits per heavy atom. The lowest BCUT2D eigenvalue weighted by atomic mass is 9.66. The van der Waals surface area contributed by atoms with Crippen LogP contribution < -0.4 is 14.4 Å². The third kappa shape index (κ3) is 6.14. The molecule has 0 bridgehead atoms. The number of hydrogen-bond acceptors (Lipinski definition) is 3. The van der Waals surface area contributed by atoms with Crippen LogP contribution in [0.15, 0.2) is 285 Å². The third-order valence-corrected chi connectivity index (χ3v) is 16.8. The van der Waals surface area contributed by atoms with Crippen LogP contribution in [0.4, 0.5) is 17.1 Å². The van der Waals surface area contributed by atoms with E-state index in [2.05, 4.69) is 290 Å². The lowest BCUT2D eigenvalue weighted by Crippen LogP contribution is -2.32. The summed E-state index contributed by atoms with van der Waals surface area (Å²) in [5, 5.41) is 0. The Morgan fingerprint density at radius 1 is 0.221 bits per heavy atom. The van der Waals surface area contributed by atoms with Crippen molar-refractivity contribution >= 4 is 17.1 Å². The summed E-state index contributed by atoms with van der Waals surface area (Å²) in [6.07, 6.45) is 0. The fourth-order valence-electron chi connectivity index (χ4n) is 13.7. The van der Waals surface area contributed by atoms with Crippen LogP contribution in [0, 0.1) is 0 Å². The number of benzene rings is 12. The van der Waals surface area contributed by atoms with Crippen molar-refractivity contribution in [3.63, 3.8) is 0 Å². The quantitative estimate of drug-likeness (QED) is 0.166. The summed E-state index contributed by atoms with van der Waals surface area (Å²) < 4.78 is 13.3. The van der Waals surface area contributed by atoms with Gasteiger partial charge in [-0.1, -0.05) is 224 Å². The van der Waals surface area contributed by atoms with Gasteiger partial charge in [-0.15, -0.1) is 0 Å². The van der Waals surface area contributed by atoms with Crippen molar-refractivity contribution in [2.75, 3.05) is 4.90 Å². The SMILES string of the molecule is c1ccc(-c2ccccc2N(c2cccc(-c3ccc4c(c3)-c3ccccc3C43c4ccccc4Oc4ccccc43)c2)c2ccccc2-c2ccc3c(c2)-c2ccccc2C32c3ccccc3Oc3ccccc32)cc1. The molecule has 0 N–H and O–H groups in total. The minimum Gasteiger partial charge on any atom is -0.457 e. The van der Waals surface area contributed by atoms with Crippen molar-refractivity contribution in [2.24, 2.45) is 0 Å². The largest absolute Gasteiger partial charge is 0.457 e. The lowest BCUT2D eigenvalue weighted by Gasteiger charge is -2.39. The number of ether oxygens (including phenoxy) is 2. The zero-order chi connectivity index (χ0) is 50.7. The maximum Gasteiger partial charge on any atom is 0.132 e. The maximum absolute atomic E-state index is 6.66. The van der Waals surface area contributed by atoms with Crippen molar-refractivity contribution in [1.29, 1.82) is 0 Å². The van der Waals surface area contributed by atoms with Crippen LogP contribution in [0.3, 0.4) is 0 Å². The van der Waals surface area contributed by atoms with Gasteiger partial charge < -0.3 is 14.4 Å². The molecule has 2 spiro atoms. The molecule has 2 aliphatic heterocycles. The van der Waals surface area contributed by atoms with Crippen molar-refractivity contribution in [2.45, 2.75) is 10.8 Å². The van der Waals surface area contributed by atoms with E-state index >= 15 is 0 Å². The van der Waals surface area contributed by atoms with E-state index in [0.717, 1.165) is 95.7 Å². The van der Waals surface area contributed by atoms with Gasteiger partial charge in [-0.25, -0.2) is 0 Å². The van der Waals surface area contributed by atoms with Gasteiger partial charge in [-0.2, -0.15) is 0 Å². The first-order valence-corrected chi connectivity index (χ1v) is 26.6. The van der Waals surface area contributed by atoms with E-state index < -0.39 is 10.8 Å². The zero-order valence-electron chi connectivity index (χ0n) is 41.9. The van der Waals surface area contributed by atoms with Crippen LogP contribution in [0.25, 0.3) is 55.6 Å². The van der Waals surface area contributed by atoms with Crippen LogP contribution in [-0.4, -0.2) is 0 Å². The van der Waals surface area contributed by atoms with Gasteiger partial charge >= 0.3 is 0 Å². The second-order valence-corrected chi connectivity index (χ2v) is 20.6. The van der Waals surface area contributed by atoms with Crippen LogP contribution in [-0.2, 0) is 10.8 Å². The molecule has 3 nitrogen and oxygen atoms in total. The lowest BCUT2D eigenvalue weighted by molar-refractivity contribution is 0.436. The van der Waals surface area contributed by atoms with Crippen LogP contribution >= 0.6 is 0 Å². The van der Waals surface area contributed by atoms with Crippen molar-refractivity contribution in [1.82, 2.24) is 0 Å². The fraction of sp³-hybridized carbons (Fsp3) is 0.0270. The highest BCUT2D eigenvalue weighted by atomic mass is 16.5. The Morgan fingerprint density at radius 2 is 0.571 bits per heavy atom. The van der Waals surface area contributed by atoms with Crippen LogP contribution in [0.2, 0.25) is 0 Å². The standard InChI is InChI=1S/C74H47NO2/c1-2-21-48(22-3-1)53-25-6-14-35-67(53)75(52-24-20-23-49(45-52)50-41-43-61-57(46-50)55-27-4-8-29-59(55)73(61)63-31-10-16-37-69(63)76-70-38-17-11-32-64(70)73)68-36-15-7-26-54(68)51-42-44-62-58(47-51)56-28-5-9-30-60(56)74(62)65-33-12-18-39-71(65)77-72-40-19-13-34-66(72)74/h1-47H. The Balaban J connectivity index is 0.879. The van der Waals surface area contributed by atoms with Gasteiger partial charge in [-0.05, 0) is 127 Å². The molecule has 0 unspecified atom stereocenters. The van der Waals surface area contributed by atoms with Gasteiger partial charge in [0.25, 0.3) is 0 Å². The van der Waals surface area contributed by atoms with Crippen LogP contribution in [0.1, 0.15) is 44.5 Å². The predicted octanol–water partition coefficient (Wildman–Crippen LogP) is 19.1. The smallest absolute Gasteiger partial charge is 0.132 e. The highest BCUT2D eigenvalue weighted by Gasteiger charge is 2.52. The van der Waals surface area contributed by atoms with Gasteiger partial charge in [-0.3, -0.25) is 0 Å². The molecule has 0 radical (unpaired) electrons. The Labute approximate surface area is 448 Å². The van der Waals surface area contributed by atoms with E-state index in [1.54, 1.807) is 0 Å². The van der Waals surface area contributed by atoms with Gasteiger partial charge in [0.05, 0.1) is 22.2 Å². The summed E-state index contributed by atoms with van der Waals surface area (Å²) in [5.74, 6) is 3.57. The molecule has 16 rings (SSSR count). The molecule has 0 fully saturated rings. The molecule has 12 aromatic rings. The molecule has 0 atom stereocenters. The molecular formula is C74H47NO2. The van der Waals surface area contributed by atoms with E-state index in [1.165, 1.54) is 44.5 Å². The maximum atomic E-state index is 6.66. The first kappa shape index (κ1) is 43.4. The summed E-state index contributed by atoms with van der Waals surface area (Å²) in [5.41, 5.74) is 23.7. The number of anilines is 3. The second kappa shape index (κ2) is 16.8. The van der Waals surface area contributed by atoms with Crippen molar-refractivity contribution in [3.8, 4) is 78.6 Å². The molecule has 12 aromatic carbocycles. The molecule has 4 aliphatic rings. The molecular weight excluding hydrogens is 935 g/mol. The fourth-order valence-corrected chi connectivity index (χ4v) is 13.7. The summed E-state index contributed by atoms with van der Waals surface area (Å²) in [4.78, 5) is 2.47. The number of para-hydroxylation sites is 6. The Hall–Kier alpha value is -9.96. The van der Waals surface area contributed by atoms with Gasteiger partial charge in [0.1, 0.15) is 23.0 Å². The summed E-state index contributed by atoms with van der Waals surface area (Å²) in [6.45, 7) is 0. The van der Waals surface area contributed by atoms with Crippen LogP contribution in [0.5, 0.6) is 23.0 Å². The van der Waals surface area contributed by atoms with E-state index in [4.69, 9.17) is 9.47 Å². The summed E-state index contributed by atoms with van der Waals surface area (Å²) in [6, 6.07) is 104. The first-order chi connectivity index (χ1) is 38.2. The highest BCUT2D eigenvalue weighted by Crippen LogP contribution is 2.64. The van der Waals surface area contributed by atoms with Crippen molar-refractivity contribution in [3.05, 3.63) is 330 Å². The predicted molar refractivity (Wildman–Crippen MR) is 312 cm³/mol. The molecule has 0 saturated carbocycles.